The molecule has 0 aromatic rings. The summed E-state index contributed by atoms with van der Waals surface area (Å²) in [4.78, 5) is 11.2. The maximum absolute atomic E-state index is 12.5. The smallest absolute Gasteiger partial charge is 0.420 e. The Morgan fingerprint density at radius 1 is 1.00 bits per heavy atom. The molecule has 9 heteroatoms. The molecule has 0 atom stereocenters. The molecular weight excluding hydrogens is 280 g/mol. The van der Waals surface area contributed by atoms with Gasteiger partial charge >= 0.3 is 18.4 Å². The van der Waals surface area contributed by atoms with Crippen LogP contribution in [0.1, 0.15) is 34.1 Å². The minimum Gasteiger partial charge on any atom is -0.444 e. The third kappa shape index (κ3) is 4.17. The van der Waals surface area contributed by atoms with E-state index in [0.29, 0.717) is 0 Å². The molecule has 0 aromatic heterocycles. The SMILES string of the molecule is CCC(C)(C)OC(=O)NC(C)(C(F)(F)F)C(F)(F)F. The van der Waals surface area contributed by atoms with Crippen LogP contribution in [0.3, 0.4) is 0 Å². The van der Waals surface area contributed by atoms with Crippen molar-refractivity contribution in [2.24, 2.45) is 0 Å². The van der Waals surface area contributed by atoms with Gasteiger partial charge in [0, 0.05) is 0 Å². The van der Waals surface area contributed by atoms with Crippen molar-refractivity contribution in [3.8, 4) is 0 Å². The quantitative estimate of drug-likeness (QED) is 0.805. The summed E-state index contributed by atoms with van der Waals surface area (Å²) in [5.41, 5.74) is -5.52. The minimum atomic E-state index is -5.69. The Morgan fingerprint density at radius 2 is 1.37 bits per heavy atom. The van der Waals surface area contributed by atoms with Crippen molar-refractivity contribution in [3.05, 3.63) is 0 Å². The van der Waals surface area contributed by atoms with Gasteiger partial charge in [0.2, 0.25) is 5.54 Å². The van der Waals surface area contributed by atoms with E-state index in [0.717, 1.165) is 5.32 Å². The maximum atomic E-state index is 12.5. The predicted octanol–water partition coefficient (Wildman–Crippen LogP) is 3.78. The molecule has 0 aliphatic heterocycles. The highest BCUT2D eigenvalue weighted by molar-refractivity contribution is 5.69. The molecule has 0 unspecified atom stereocenters. The minimum absolute atomic E-state index is 0.160. The molecular formula is C10H15F6NO2. The van der Waals surface area contributed by atoms with Crippen molar-refractivity contribution in [2.45, 2.75) is 57.6 Å². The molecule has 19 heavy (non-hydrogen) atoms. The average molecular weight is 295 g/mol. The monoisotopic (exact) mass is 295 g/mol. The summed E-state index contributed by atoms with van der Waals surface area (Å²) in [6.07, 6.45) is -12.9. The van der Waals surface area contributed by atoms with Gasteiger partial charge in [0.1, 0.15) is 5.60 Å². The number of hydrogen-bond donors (Lipinski definition) is 1. The van der Waals surface area contributed by atoms with Crippen LogP contribution in [-0.4, -0.2) is 29.6 Å². The van der Waals surface area contributed by atoms with Gasteiger partial charge in [-0.25, -0.2) is 4.79 Å². The van der Waals surface area contributed by atoms with E-state index in [1.165, 1.54) is 13.8 Å². The second kappa shape index (κ2) is 5.09. The topological polar surface area (TPSA) is 38.3 Å². The van der Waals surface area contributed by atoms with Gasteiger partial charge in [0.05, 0.1) is 0 Å². The molecule has 0 bridgehead atoms. The molecule has 0 fully saturated rings. The molecule has 1 amide bonds. The molecule has 0 aromatic carbocycles. The van der Waals surface area contributed by atoms with Gasteiger partial charge in [-0.3, -0.25) is 5.32 Å². The Kier molecular flexibility index (Phi) is 4.78. The molecule has 0 spiro atoms. The molecule has 0 heterocycles. The first-order chi connectivity index (χ1) is 8.16. The Morgan fingerprint density at radius 3 is 1.63 bits per heavy atom. The van der Waals surface area contributed by atoms with E-state index in [4.69, 9.17) is 0 Å². The van der Waals surface area contributed by atoms with Crippen LogP contribution >= 0.6 is 0 Å². The zero-order chi connectivity index (χ0) is 15.7. The van der Waals surface area contributed by atoms with Crippen molar-refractivity contribution in [3.63, 3.8) is 0 Å². The van der Waals surface area contributed by atoms with Crippen LogP contribution in [0.4, 0.5) is 31.1 Å². The normalized spacial score (nSPS) is 14.2. The zero-order valence-electron chi connectivity index (χ0n) is 10.8. The first-order valence-electron chi connectivity index (χ1n) is 5.31. The van der Waals surface area contributed by atoms with E-state index >= 15 is 0 Å². The van der Waals surface area contributed by atoms with Gasteiger partial charge in [-0.05, 0) is 27.2 Å². The fraction of sp³-hybridized carbons (Fsp3) is 0.900. The van der Waals surface area contributed by atoms with Gasteiger partial charge in [0.25, 0.3) is 0 Å². The highest BCUT2D eigenvalue weighted by Crippen LogP contribution is 2.42. The number of rotatable bonds is 3. The van der Waals surface area contributed by atoms with Crippen molar-refractivity contribution in [1.29, 1.82) is 0 Å². The van der Waals surface area contributed by atoms with Crippen LogP contribution in [0.15, 0.2) is 0 Å². The largest absolute Gasteiger partial charge is 0.444 e. The van der Waals surface area contributed by atoms with Crippen molar-refractivity contribution < 1.29 is 35.9 Å². The van der Waals surface area contributed by atoms with Crippen LogP contribution in [-0.2, 0) is 4.74 Å². The Bertz CT molecular complexity index is 320. The highest BCUT2D eigenvalue weighted by atomic mass is 19.4. The molecule has 114 valence electrons. The van der Waals surface area contributed by atoms with Crippen LogP contribution in [0.25, 0.3) is 0 Å². The molecule has 3 nitrogen and oxygen atoms in total. The van der Waals surface area contributed by atoms with Gasteiger partial charge in [0.15, 0.2) is 0 Å². The highest BCUT2D eigenvalue weighted by Gasteiger charge is 2.69. The zero-order valence-corrected chi connectivity index (χ0v) is 10.8. The number of hydrogen-bond acceptors (Lipinski definition) is 2. The Labute approximate surface area is 106 Å². The summed E-state index contributed by atoms with van der Waals surface area (Å²) in [7, 11) is 0. The first kappa shape index (κ1) is 17.8. The van der Waals surface area contributed by atoms with E-state index in [-0.39, 0.29) is 13.3 Å². The number of ether oxygens (including phenoxy) is 1. The van der Waals surface area contributed by atoms with Gasteiger partial charge in [-0.15, -0.1) is 0 Å². The van der Waals surface area contributed by atoms with Crippen LogP contribution in [0.5, 0.6) is 0 Å². The summed E-state index contributed by atoms with van der Waals surface area (Å²) in [6, 6.07) is 0. The lowest BCUT2D eigenvalue weighted by atomic mass is 10.0. The lowest BCUT2D eigenvalue weighted by Crippen LogP contribution is -2.66. The van der Waals surface area contributed by atoms with Crippen molar-refractivity contribution in [2.75, 3.05) is 0 Å². The fourth-order valence-corrected chi connectivity index (χ4v) is 0.855. The predicted molar refractivity (Wildman–Crippen MR) is 54.5 cm³/mol. The standard InChI is InChI=1S/C10H15F6NO2/c1-5-7(2,3)19-6(18)17-8(4,9(11,12)13)10(14,15)16/h5H2,1-4H3,(H,17,18). The van der Waals surface area contributed by atoms with E-state index in [1.807, 2.05) is 0 Å². The average Bonchev–Trinajstić information content (AvgIpc) is 2.12. The molecule has 0 saturated carbocycles. The molecule has 0 radical (unpaired) electrons. The number of alkyl carbamates (subject to hydrolysis) is 1. The number of halogens is 6. The number of nitrogens with one attached hydrogen (secondary N) is 1. The van der Waals surface area contributed by atoms with E-state index in [2.05, 4.69) is 4.74 Å². The van der Waals surface area contributed by atoms with E-state index in [1.54, 1.807) is 6.92 Å². The third-order valence-electron chi connectivity index (χ3n) is 2.71. The molecule has 0 rings (SSSR count). The second-order valence-corrected chi connectivity index (χ2v) is 4.75. The molecule has 0 aliphatic rings. The first-order valence-corrected chi connectivity index (χ1v) is 5.31. The lowest BCUT2D eigenvalue weighted by molar-refractivity contribution is -0.299. The summed E-state index contributed by atoms with van der Waals surface area (Å²) >= 11 is 0. The van der Waals surface area contributed by atoms with Gasteiger partial charge in [-0.1, -0.05) is 6.92 Å². The Balaban J connectivity index is 5.14. The van der Waals surface area contributed by atoms with E-state index < -0.39 is 29.6 Å². The third-order valence-corrected chi connectivity index (χ3v) is 2.71. The number of carbonyl (C=O) groups is 1. The van der Waals surface area contributed by atoms with Crippen molar-refractivity contribution in [1.82, 2.24) is 5.32 Å². The van der Waals surface area contributed by atoms with Crippen molar-refractivity contribution >= 4 is 6.09 Å². The Hall–Kier alpha value is -1.15. The fourth-order valence-electron chi connectivity index (χ4n) is 0.855. The lowest BCUT2D eigenvalue weighted by Gasteiger charge is -2.35. The summed E-state index contributed by atoms with van der Waals surface area (Å²) in [6.45, 7) is 4.14. The van der Waals surface area contributed by atoms with Crippen LogP contribution in [0.2, 0.25) is 0 Å². The molecule has 0 saturated heterocycles. The number of alkyl halides is 6. The van der Waals surface area contributed by atoms with Gasteiger partial charge < -0.3 is 4.74 Å². The summed E-state index contributed by atoms with van der Waals surface area (Å²) < 4.78 is 79.4. The van der Waals surface area contributed by atoms with Crippen LogP contribution < -0.4 is 5.32 Å². The second-order valence-electron chi connectivity index (χ2n) is 4.75. The summed E-state index contributed by atoms with van der Waals surface area (Å²) in [5.74, 6) is 0. The maximum Gasteiger partial charge on any atom is 0.420 e. The number of amides is 1. The van der Waals surface area contributed by atoms with Gasteiger partial charge in [-0.2, -0.15) is 26.3 Å². The molecule has 1 N–H and O–H groups in total. The summed E-state index contributed by atoms with van der Waals surface area (Å²) in [5, 5.41) is 0.853. The number of carbonyl (C=O) groups excluding carboxylic acids is 1. The van der Waals surface area contributed by atoms with Crippen LogP contribution in [0, 0.1) is 0 Å². The molecule has 0 aliphatic carbocycles. The van der Waals surface area contributed by atoms with E-state index in [9.17, 15) is 31.1 Å².